The van der Waals surface area contributed by atoms with Gasteiger partial charge in [-0.3, -0.25) is 19.6 Å². The van der Waals surface area contributed by atoms with Gasteiger partial charge in [-0.2, -0.15) is 12.6 Å². The number of nitrogens with zero attached hydrogens (tertiary/aromatic N) is 3. The van der Waals surface area contributed by atoms with Crippen LogP contribution in [0.2, 0.25) is 0 Å². The number of thiol groups is 1. The van der Waals surface area contributed by atoms with Gasteiger partial charge in [-0.1, -0.05) is 6.07 Å². The van der Waals surface area contributed by atoms with Gasteiger partial charge in [-0.15, -0.1) is 0 Å². The standard InChI is InChI=1S/C17H26N4OS/c22-16(19-13-20-9-3-4-10-20)15(14-7-1-2-8-18-14)17(23)21-11-5-6-12-21/h1-2,7-8,15,17,23H,3-6,9-13H2,(H,19,22). The molecule has 0 bridgehead atoms. The summed E-state index contributed by atoms with van der Waals surface area (Å²) >= 11 is 4.79. The Labute approximate surface area is 143 Å². The second kappa shape index (κ2) is 8.13. The summed E-state index contributed by atoms with van der Waals surface area (Å²) in [6.07, 6.45) is 6.56. The maximum absolute atomic E-state index is 12.8. The molecule has 6 heteroatoms. The maximum atomic E-state index is 12.8. The van der Waals surface area contributed by atoms with Crippen molar-refractivity contribution in [3.05, 3.63) is 30.1 Å². The van der Waals surface area contributed by atoms with E-state index in [1.807, 2.05) is 18.2 Å². The van der Waals surface area contributed by atoms with Gasteiger partial charge >= 0.3 is 0 Å². The van der Waals surface area contributed by atoms with Gasteiger partial charge in [0.1, 0.15) is 5.92 Å². The van der Waals surface area contributed by atoms with Crippen molar-refractivity contribution in [2.45, 2.75) is 37.0 Å². The summed E-state index contributed by atoms with van der Waals surface area (Å²) in [5, 5.41) is 2.98. The number of hydrogen-bond acceptors (Lipinski definition) is 5. The van der Waals surface area contributed by atoms with Gasteiger partial charge in [0.2, 0.25) is 5.91 Å². The van der Waals surface area contributed by atoms with Crippen molar-refractivity contribution in [1.82, 2.24) is 20.1 Å². The number of pyridine rings is 1. The van der Waals surface area contributed by atoms with Gasteiger partial charge in [0.05, 0.1) is 17.7 Å². The van der Waals surface area contributed by atoms with Gasteiger partial charge in [0, 0.05) is 6.20 Å². The molecule has 2 aliphatic heterocycles. The van der Waals surface area contributed by atoms with Crippen LogP contribution in [0.3, 0.4) is 0 Å². The molecule has 2 fully saturated rings. The summed E-state index contributed by atoms with van der Waals surface area (Å²) in [6, 6.07) is 5.75. The molecule has 3 rings (SSSR count). The second-order valence-corrected chi connectivity index (χ2v) is 6.94. The smallest absolute Gasteiger partial charge is 0.232 e. The van der Waals surface area contributed by atoms with E-state index >= 15 is 0 Å². The van der Waals surface area contributed by atoms with Crippen LogP contribution in [0, 0.1) is 0 Å². The van der Waals surface area contributed by atoms with Crippen molar-refractivity contribution in [3.8, 4) is 0 Å². The molecule has 1 N–H and O–H groups in total. The minimum atomic E-state index is -0.333. The highest BCUT2D eigenvalue weighted by Crippen LogP contribution is 2.28. The number of carbonyl (C=O) groups is 1. The molecule has 1 amide bonds. The van der Waals surface area contributed by atoms with Gasteiger partial charge in [0.25, 0.3) is 0 Å². The Morgan fingerprint density at radius 1 is 1.17 bits per heavy atom. The Morgan fingerprint density at radius 3 is 2.52 bits per heavy atom. The lowest BCUT2D eigenvalue weighted by Crippen LogP contribution is -2.45. The van der Waals surface area contributed by atoms with E-state index in [2.05, 4.69) is 20.1 Å². The average Bonchev–Trinajstić information content (AvgIpc) is 3.27. The molecule has 0 aromatic carbocycles. The molecule has 0 spiro atoms. The molecule has 2 atom stereocenters. The molecular formula is C17H26N4OS. The summed E-state index contributed by atoms with van der Waals surface area (Å²) in [5.74, 6) is -0.303. The third-order valence-electron chi connectivity index (χ3n) is 4.78. The van der Waals surface area contributed by atoms with Crippen LogP contribution in [-0.2, 0) is 4.79 Å². The number of aromatic nitrogens is 1. The van der Waals surface area contributed by atoms with Crippen molar-refractivity contribution in [2.75, 3.05) is 32.8 Å². The van der Waals surface area contributed by atoms with Gasteiger partial charge in [-0.05, 0) is 64.0 Å². The number of likely N-dealkylation sites (tertiary alicyclic amines) is 2. The molecule has 1 aromatic rings. The van der Waals surface area contributed by atoms with Crippen LogP contribution >= 0.6 is 12.6 Å². The predicted molar refractivity (Wildman–Crippen MR) is 94.4 cm³/mol. The average molecular weight is 334 g/mol. The SMILES string of the molecule is O=C(NCN1CCCC1)C(c1ccccn1)C(S)N1CCCC1. The zero-order chi connectivity index (χ0) is 16.1. The number of amides is 1. The number of carbonyl (C=O) groups excluding carboxylic acids is 1. The first-order valence-corrected chi connectivity index (χ1v) is 9.10. The zero-order valence-electron chi connectivity index (χ0n) is 13.5. The Bertz CT molecular complexity index is 501. The van der Waals surface area contributed by atoms with E-state index in [0.29, 0.717) is 6.67 Å². The molecule has 0 saturated carbocycles. The van der Waals surface area contributed by atoms with Crippen molar-refractivity contribution in [2.24, 2.45) is 0 Å². The lowest BCUT2D eigenvalue weighted by molar-refractivity contribution is -0.124. The van der Waals surface area contributed by atoms with Gasteiger partial charge in [0.15, 0.2) is 0 Å². The lowest BCUT2D eigenvalue weighted by Gasteiger charge is -2.30. The third-order valence-corrected chi connectivity index (χ3v) is 5.40. The number of nitrogens with one attached hydrogen (secondary N) is 1. The zero-order valence-corrected chi connectivity index (χ0v) is 14.4. The van der Waals surface area contributed by atoms with E-state index in [0.717, 1.165) is 31.9 Å². The highest BCUT2D eigenvalue weighted by atomic mass is 32.1. The normalized spacial score (nSPS) is 22.1. The van der Waals surface area contributed by atoms with Crippen LogP contribution < -0.4 is 5.32 Å². The number of hydrogen-bond donors (Lipinski definition) is 2. The van der Waals surface area contributed by atoms with Crippen LogP contribution in [0.25, 0.3) is 0 Å². The first-order valence-electron chi connectivity index (χ1n) is 8.59. The molecule has 5 nitrogen and oxygen atoms in total. The lowest BCUT2D eigenvalue weighted by atomic mass is 10.0. The van der Waals surface area contributed by atoms with E-state index in [4.69, 9.17) is 12.6 Å². The summed E-state index contributed by atoms with van der Waals surface area (Å²) in [5.41, 5.74) is 0.804. The van der Waals surface area contributed by atoms with Crippen LogP contribution in [0.5, 0.6) is 0 Å². The molecular weight excluding hydrogens is 308 g/mol. The molecule has 2 unspecified atom stereocenters. The molecule has 0 aliphatic carbocycles. The second-order valence-electron chi connectivity index (χ2n) is 6.41. The Hall–Kier alpha value is -1.11. The van der Waals surface area contributed by atoms with Gasteiger partial charge < -0.3 is 5.32 Å². The minimum absolute atomic E-state index is 0.0301. The summed E-state index contributed by atoms with van der Waals surface area (Å²) in [7, 11) is 0. The van der Waals surface area contributed by atoms with E-state index in [9.17, 15) is 4.79 Å². The molecule has 2 saturated heterocycles. The van der Waals surface area contributed by atoms with Crippen LogP contribution in [0.1, 0.15) is 37.3 Å². The highest BCUT2D eigenvalue weighted by molar-refractivity contribution is 7.81. The fourth-order valence-corrected chi connectivity index (χ4v) is 3.96. The molecule has 23 heavy (non-hydrogen) atoms. The molecule has 1 aromatic heterocycles. The maximum Gasteiger partial charge on any atom is 0.232 e. The Kier molecular flexibility index (Phi) is 5.91. The van der Waals surface area contributed by atoms with Crippen molar-refractivity contribution in [3.63, 3.8) is 0 Å². The van der Waals surface area contributed by atoms with E-state index in [1.54, 1.807) is 6.20 Å². The monoisotopic (exact) mass is 334 g/mol. The van der Waals surface area contributed by atoms with Crippen molar-refractivity contribution in [1.29, 1.82) is 0 Å². The molecule has 0 radical (unpaired) electrons. The fourth-order valence-electron chi connectivity index (χ4n) is 3.44. The molecule has 126 valence electrons. The summed E-state index contributed by atoms with van der Waals surface area (Å²) in [6.45, 7) is 4.80. The number of rotatable bonds is 6. The van der Waals surface area contributed by atoms with Crippen molar-refractivity contribution >= 4 is 18.5 Å². The first kappa shape index (κ1) is 16.7. The minimum Gasteiger partial charge on any atom is -0.343 e. The Morgan fingerprint density at radius 2 is 1.87 bits per heavy atom. The third kappa shape index (κ3) is 4.25. The fraction of sp³-hybridized carbons (Fsp3) is 0.647. The van der Waals surface area contributed by atoms with Crippen LogP contribution in [0.4, 0.5) is 0 Å². The van der Waals surface area contributed by atoms with E-state index < -0.39 is 0 Å². The largest absolute Gasteiger partial charge is 0.343 e. The van der Waals surface area contributed by atoms with Crippen molar-refractivity contribution < 1.29 is 4.79 Å². The topological polar surface area (TPSA) is 48.5 Å². The summed E-state index contributed by atoms with van der Waals surface area (Å²) in [4.78, 5) is 21.8. The quantitative estimate of drug-likeness (QED) is 0.777. The summed E-state index contributed by atoms with van der Waals surface area (Å²) < 4.78 is 0. The predicted octanol–water partition coefficient (Wildman–Crippen LogP) is 1.69. The van der Waals surface area contributed by atoms with Crippen LogP contribution in [0.15, 0.2) is 24.4 Å². The van der Waals surface area contributed by atoms with Crippen LogP contribution in [-0.4, -0.2) is 58.9 Å². The van der Waals surface area contributed by atoms with Gasteiger partial charge in [-0.25, -0.2) is 0 Å². The molecule has 3 heterocycles. The highest BCUT2D eigenvalue weighted by Gasteiger charge is 2.34. The Balaban J connectivity index is 1.69. The molecule has 2 aliphatic rings. The van der Waals surface area contributed by atoms with E-state index in [-0.39, 0.29) is 17.2 Å². The first-order chi connectivity index (χ1) is 11.3. The van der Waals surface area contributed by atoms with E-state index in [1.165, 1.54) is 25.7 Å².